The van der Waals surface area contributed by atoms with Crippen LogP contribution in [-0.2, 0) is 0 Å². The number of hydrogen-bond acceptors (Lipinski definition) is 3. The van der Waals surface area contributed by atoms with E-state index in [1.807, 2.05) is 0 Å². The van der Waals surface area contributed by atoms with Crippen LogP contribution in [0.5, 0.6) is 0 Å². The van der Waals surface area contributed by atoms with Gasteiger partial charge in [0, 0.05) is 12.1 Å². The Morgan fingerprint density at radius 3 is 2.38 bits per heavy atom. The molecule has 120 valence electrons. The van der Waals surface area contributed by atoms with Gasteiger partial charge in [-0.1, -0.05) is 13.8 Å². The van der Waals surface area contributed by atoms with Gasteiger partial charge in [0.1, 0.15) is 5.54 Å². The monoisotopic (exact) mass is 291 g/mol. The summed E-state index contributed by atoms with van der Waals surface area (Å²) in [4.78, 5) is 2.54. The molecule has 0 amide bonds. The standard InChI is InChI=1S/C18H33N3/c1-4-18(14-19,20-16-8-9-16)12-5-13-21(3)17-10-6-15(2)7-11-17/h15-17,20H,4-13H2,1-3H3. The van der Waals surface area contributed by atoms with E-state index in [2.05, 4.69) is 37.2 Å². The molecule has 2 aliphatic carbocycles. The third-order valence-electron chi connectivity index (χ3n) is 5.60. The highest BCUT2D eigenvalue weighted by Crippen LogP contribution is 2.28. The van der Waals surface area contributed by atoms with Gasteiger partial charge in [-0.2, -0.15) is 5.26 Å². The summed E-state index contributed by atoms with van der Waals surface area (Å²) in [5.41, 5.74) is -0.275. The summed E-state index contributed by atoms with van der Waals surface area (Å²) in [6.45, 7) is 5.65. The van der Waals surface area contributed by atoms with Crippen molar-refractivity contribution in [1.29, 1.82) is 5.26 Å². The fraction of sp³-hybridized carbons (Fsp3) is 0.944. The van der Waals surface area contributed by atoms with Crippen LogP contribution in [0.2, 0.25) is 0 Å². The molecule has 2 aliphatic rings. The van der Waals surface area contributed by atoms with Gasteiger partial charge in [-0.15, -0.1) is 0 Å². The molecule has 0 saturated heterocycles. The van der Waals surface area contributed by atoms with Gasteiger partial charge in [0.05, 0.1) is 6.07 Å². The predicted octanol–water partition coefficient (Wildman–Crippen LogP) is 3.70. The Bertz CT molecular complexity index is 350. The maximum absolute atomic E-state index is 9.57. The maximum Gasteiger partial charge on any atom is 0.106 e. The second kappa shape index (κ2) is 7.61. The molecule has 0 spiro atoms. The van der Waals surface area contributed by atoms with E-state index in [0.717, 1.165) is 37.8 Å². The highest BCUT2D eigenvalue weighted by Gasteiger charge is 2.34. The molecule has 1 unspecified atom stereocenters. The van der Waals surface area contributed by atoms with Crippen molar-refractivity contribution >= 4 is 0 Å². The number of nitrogens with zero attached hydrogens (tertiary/aromatic N) is 2. The van der Waals surface area contributed by atoms with Crippen LogP contribution in [0.4, 0.5) is 0 Å². The van der Waals surface area contributed by atoms with E-state index in [0.29, 0.717) is 6.04 Å². The molecular formula is C18H33N3. The fourth-order valence-electron chi connectivity index (χ4n) is 3.63. The summed E-state index contributed by atoms with van der Waals surface area (Å²) in [7, 11) is 2.27. The SMILES string of the molecule is CCC(C#N)(CCCN(C)C1CCC(C)CC1)NC1CC1. The molecule has 0 bridgehead atoms. The van der Waals surface area contributed by atoms with Crippen LogP contribution >= 0.6 is 0 Å². The Kier molecular flexibility index (Phi) is 6.08. The van der Waals surface area contributed by atoms with Crippen molar-refractivity contribution < 1.29 is 0 Å². The fourth-order valence-corrected chi connectivity index (χ4v) is 3.63. The molecule has 3 heteroatoms. The quantitative estimate of drug-likeness (QED) is 0.741. The minimum Gasteiger partial charge on any atom is -0.303 e. The van der Waals surface area contributed by atoms with Crippen molar-refractivity contribution in [2.45, 2.75) is 89.3 Å². The summed E-state index contributed by atoms with van der Waals surface area (Å²) >= 11 is 0. The largest absolute Gasteiger partial charge is 0.303 e. The second-order valence-electron chi connectivity index (χ2n) is 7.46. The lowest BCUT2D eigenvalue weighted by Gasteiger charge is -2.34. The van der Waals surface area contributed by atoms with Gasteiger partial charge in [-0.05, 0) is 77.3 Å². The van der Waals surface area contributed by atoms with Crippen molar-refractivity contribution in [2.75, 3.05) is 13.6 Å². The van der Waals surface area contributed by atoms with Crippen LogP contribution < -0.4 is 5.32 Å². The zero-order valence-corrected chi connectivity index (χ0v) is 14.2. The molecule has 0 aliphatic heterocycles. The van der Waals surface area contributed by atoms with Crippen molar-refractivity contribution in [3.8, 4) is 6.07 Å². The van der Waals surface area contributed by atoms with Crippen LogP contribution in [0.25, 0.3) is 0 Å². The normalized spacial score (nSPS) is 29.1. The molecule has 1 N–H and O–H groups in total. The molecular weight excluding hydrogens is 258 g/mol. The van der Waals surface area contributed by atoms with Crippen molar-refractivity contribution in [3.63, 3.8) is 0 Å². The molecule has 3 nitrogen and oxygen atoms in total. The first-order valence-electron chi connectivity index (χ1n) is 8.97. The average Bonchev–Trinajstić information content (AvgIpc) is 3.30. The molecule has 1 atom stereocenters. The van der Waals surface area contributed by atoms with E-state index in [1.54, 1.807) is 0 Å². The lowest BCUT2D eigenvalue weighted by molar-refractivity contribution is 0.164. The number of hydrogen-bond donors (Lipinski definition) is 1. The first-order chi connectivity index (χ1) is 10.1. The zero-order valence-electron chi connectivity index (χ0n) is 14.2. The molecule has 2 saturated carbocycles. The van der Waals surface area contributed by atoms with Crippen LogP contribution in [0.15, 0.2) is 0 Å². The number of nitriles is 1. The molecule has 0 radical (unpaired) electrons. The smallest absolute Gasteiger partial charge is 0.106 e. The molecule has 21 heavy (non-hydrogen) atoms. The second-order valence-corrected chi connectivity index (χ2v) is 7.46. The summed E-state index contributed by atoms with van der Waals surface area (Å²) in [6.07, 6.45) is 11.0. The lowest BCUT2D eigenvalue weighted by Crippen LogP contribution is -2.45. The first-order valence-corrected chi connectivity index (χ1v) is 8.97. The van der Waals surface area contributed by atoms with Crippen LogP contribution in [-0.4, -0.2) is 36.1 Å². The first kappa shape index (κ1) is 16.8. The molecule has 2 rings (SSSR count). The van der Waals surface area contributed by atoms with Gasteiger partial charge in [0.15, 0.2) is 0 Å². The van der Waals surface area contributed by atoms with Gasteiger partial charge in [0.2, 0.25) is 0 Å². The van der Waals surface area contributed by atoms with Gasteiger partial charge < -0.3 is 4.90 Å². The van der Waals surface area contributed by atoms with Crippen molar-refractivity contribution in [1.82, 2.24) is 10.2 Å². The van der Waals surface area contributed by atoms with Gasteiger partial charge in [-0.3, -0.25) is 5.32 Å². The van der Waals surface area contributed by atoms with E-state index in [1.165, 1.54) is 38.5 Å². The lowest BCUT2D eigenvalue weighted by atomic mass is 9.86. The van der Waals surface area contributed by atoms with Crippen LogP contribution in [0, 0.1) is 17.2 Å². The van der Waals surface area contributed by atoms with E-state index in [-0.39, 0.29) is 5.54 Å². The third-order valence-corrected chi connectivity index (χ3v) is 5.60. The summed E-state index contributed by atoms with van der Waals surface area (Å²) in [5, 5.41) is 13.2. The number of rotatable bonds is 8. The summed E-state index contributed by atoms with van der Waals surface area (Å²) < 4.78 is 0. The van der Waals surface area contributed by atoms with Crippen LogP contribution in [0.3, 0.4) is 0 Å². The summed E-state index contributed by atoms with van der Waals surface area (Å²) in [5.74, 6) is 0.920. The van der Waals surface area contributed by atoms with E-state index in [9.17, 15) is 5.26 Å². The Morgan fingerprint density at radius 1 is 1.19 bits per heavy atom. The highest BCUT2D eigenvalue weighted by atomic mass is 15.1. The molecule has 0 heterocycles. The van der Waals surface area contributed by atoms with Crippen molar-refractivity contribution in [3.05, 3.63) is 0 Å². The minimum atomic E-state index is -0.275. The minimum absolute atomic E-state index is 0.275. The Labute approximate surface area is 131 Å². The van der Waals surface area contributed by atoms with Gasteiger partial charge in [0.25, 0.3) is 0 Å². The molecule has 2 fully saturated rings. The van der Waals surface area contributed by atoms with E-state index in [4.69, 9.17) is 0 Å². The Balaban J connectivity index is 1.72. The van der Waals surface area contributed by atoms with Gasteiger partial charge in [-0.25, -0.2) is 0 Å². The highest BCUT2D eigenvalue weighted by molar-refractivity contribution is 5.09. The topological polar surface area (TPSA) is 39.1 Å². The average molecular weight is 291 g/mol. The van der Waals surface area contributed by atoms with Crippen molar-refractivity contribution in [2.24, 2.45) is 5.92 Å². The molecule has 0 aromatic rings. The Morgan fingerprint density at radius 2 is 1.86 bits per heavy atom. The Hall–Kier alpha value is -0.590. The molecule has 0 aromatic carbocycles. The maximum atomic E-state index is 9.57. The van der Waals surface area contributed by atoms with E-state index >= 15 is 0 Å². The third kappa shape index (κ3) is 4.97. The van der Waals surface area contributed by atoms with E-state index < -0.39 is 0 Å². The number of nitrogens with one attached hydrogen (secondary N) is 1. The predicted molar refractivity (Wildman–Crippen MR) is 88.1 cm³/mol. The zero-order chi connectivity index (χ0) is 15.3. The molecule has 0 aromatic heterocycles. The summed E-state index contributed by atoms with van der Waals surface area (Å²) in [6, 6.07) is 3.95. The van der Waals surface area contributed by atoms with Gasteiger partial charge >= 0.3 is 0 Å². The van der Waals surface area contributed by atoms with Crippen LogP contribution in [0.1, 0.15) is 71.6 Å².